The molecule has 0 radical (unpaired) electrons. The van der Waals surface area contributed by atoms with E-state index < -0.39 is 0 Å². The summed E-state index contributed by atoms with van der Waals surface area (Å²) in [5.74, 6) is 1.17. The Bertz CT molecular complexity index is 642. The zero-order valence-corrected chi connectivity index (χ0v) is 16.6. The van der Waals surface area contributed by atoms with Crippen molar-refractivity contribution in [3.63, 3.8) is 0 Å². The number of rotatable bonds is 6. The van der Waals surface area contributed by atoms with Crippen molar-refractivity contribution in [1.82, 2.24) is 25.4 Å². The molecule has 0 spiro atoms. The normalized spacial score (nSPS) is 17.5. The molecule has 3 rings (SSSR count). The molecule has 0 aliphatic carbocycles. The highest BCUT2D eigenvalue weighted by Crippen LogP contribution is 2.22. The van der Waals surface area contributed by atoms with Crippen LogP contribution < -0.4 is 10.6 Å². The predicted molar refractivity (Wildman–Crippen MR) is 107 cm³/mol. The average Bonchev–Trinajstić information content (AvgIpc) is 3.16. The Morgan fingerprint density at radius 3 is 2.73 bits per heavy atom. The second kappa shape index (κ2) is 11.2. The van der Waals surface area contributed by atoms with Gasteiger partial charge in [0.2, 0.25) is 5.91 Å². The lowest BCUT2D eigenvalue weighted by Crippen LogP contribution is -2.35. The van der Waals surface area contributed by atoms with E-state index in [0.29, 0.717) is 24.8 Å². The van der Waals surface area contributed by atoms with E-state index in [2.05, 4.69) is 27.6 Å². The number of nitrogens with zero attached hydrogens (tertiary/aromatic N) is 3. The van der Waals surface area contributed by atoms with Gasteiger partial charge in [0, 0.05) is 13.0 Å². The van der Waals surface area contributed by atoms with Gasteiger partial charge >= 0.3 is 0 Å². The maximum absolute atomic E-state index is 12.2. The summed E-state index contributed by atoms with van der Waals surface area (Å²) in [5, 5.41) is 10.5. The van der Waals surface area contributed by atoms with Gasteiger partial charge in [-0.2, -0.15) is 5.10 Å². The number of piperidine rings is 1. The summed E-state index contributed by atoms with van der Waals surface area (Å²) in [5.41, 5.74) is 2.04. The van der Waals surface area contributed by atoms with Gasteiger partial charge in [-0.25, -0.2) is 9.67 Å². The van der Waals surface area contributed by atoms with E-state index in [0.717, 1.165) is 24.3 Å². The van der Waals surface area contributed by atoms with E-state index in [4.69, 9.17) is 0 Å². The molecule has 1 aromatic carbocycles. The van der Waals surface area contributed by atoms with Crippen molar-refractivity contribution >= 4 is 30.7 Å². The number of hydrogen-bond donors (Lipinski definition) is 2. The Morgan fingerprint density at radius 2 is 2.12 bits per heavy atom. The average molecular weight is 400 g/mol. The molecular formula is C18H27Cl2N5O. The maximum atomic E-state index is 12.2. The molecular weight excluding hydrogens is 373 g/mol. The number of nitrogens with one attached hydrogen (secondary N) is 2. The van der Waals surface area contributed by atoms with Gasteiger partial charge in [-0.15, -0.1) is 24.8 Å². The molecule has 2 unspecified atom stereocenters. The summed E-state index contributed by atoms with van der Waals surface area (Å²) in [4.78, 5) is 16.1. The number of benzene rings is 1. The zero-order valence-electron chi connectivity index (χ0n) is 14.9. The molecule has 1 aliphatic heterocycles. The van der Waals surface area contributed by atoms with E-state index in [1.807, 2.05) is 24.3 Å². The van der Waals surface area contributed by atoms with Crippen LogP contribution in [0.5, 0.6) is 0 Å². The lowest BCUT2D eigenvalue weighted by atomic mass is 9.85. The van der Waals surface area contributed by atoms with Gasteiger partial charge in [-0.1, -0.05) is 19.1 Å². The minimum atomic E-state index is 0. The highest BCUT2D eigenvalue weighted by Gasteiger charge is 2.21. The SMILES string of the molecule is CC(CC(=O)NCc1ccc(-n2cncn2)cc1)C1CCCNC1.Cl.Cl. The summed E-state index contributed by atoms with van der Waals surface area (Å²) in [6.45, 7) is 4.90. The van der Waals surface area contributed by atoms with Crippen LogP contribution in [0.25, 0.3) is 5.69 Å². The topological polar surface area (TPSA) is 71.8 Å². The molecule has 144 valence electrons. The summed E-state index contributed by atoms with van der Waals surface area (Å²) in [7, 11) is 0. The predicted octanol–water partition coefficient (Wildman–Crippen LogP) is 2.75. The first-order chi connectivity index (χ1) is 11.7. The molecule has 1 fully saturated rings. The lowest BCUT2D eigenvalue weighted by molar-refractivity contribution is -0.122. The first kappa shape index (κ1) is 22.4. The number of carbonyl (C=O) groups is 1. The molecule has 0 saturated carbocycles. The standard InChI is InChI=1S/C18H25N5O.2ClH/c1-14(16-3-2-8-19-11-16)9-18(24)21-10-15-4-6-17(7-5-15)23-13-20-12-22-23;;/h4-7,12-14,16,19H,2-3,8-11H2,1H3,(H,21,24);2*1H. The van der Waals surface area contributed by atoms with Crippen LogP contribution in [-0.2, 0) is 11.3 Å². The highest BCUT2D eigenvalue weighted by atomic mass is 35.5. The molecule has 1 saturated heterocycles. The van der Waals surface area contributed by atoms with E-state index in [1.54, 1.807) is 11.0 Å². The molecule has 6 nitrogen and oxygen atoms in total. The van der Waals surface area contributed by atoms with Crippen LogP contribution in [0, 0.1) is 11.8 Å². The van der Waals surface area contributed by atoms with Crippen LogP contribution in [0.3, 0.4) is 0 Å². The molecule has 2 N–H and O–H groups in total. The van der Waals surface area contributed by atoms with Crippen LogP contribution in [0.1, 0.15) is 31.7 Å². The highest BCUT2D eigenvalue weighted by molar-refractivity contribution is 5.85. The van der Waals surface area contributed by atoms with E-state index in [9.17, 15) is 4.79 Å². The van der Waals surface area contributed by atoms with Gasteiger partial charge < -0.3 is 10.6 Å². The first-order valence-corrected chi connectivity index (χ1v) is 8.64. The quantitative estimate of drug-likeness (QED) is 0.782. The molecule has 1 aromatic heterocycles. The van der Waals surface area contributed by atoms with Gasteiger partial charge in [-0.3, -0.25) is 4.79 Å². The summed E-state index contributed by atoms with van der Waals surface area (Å²) in [6, 6.07) is 7.97. The molecule has 0 bridgehead atoms. The van der Waals surface area contributed by atoms with Gasteiger partial charge in [0.1, 0.15) is 12.7 Å². The monoisotopic (exact) mass is 399 g/mol. The zero-order chi connectivity index (χ0) is 16.8. The molecule has 1 aliphatic rings. The third-order valence-corrected chi connectivity index (χ3v) is 4.76. The Kier molecular flexibility index (Phi) is 9.62. The summed E-state index contributed by atoms with van der Waals surface area (Å²) < 4.78 is 1.71. The largest absolute Gasteiger partial charge is 0.352 e. The Hall–Kier alpha value is -1.63. The number of carbonyl (C=O) groups excluding carboxylic acids is 1. The fourth-order valence-electron chi connectivity index (χ4n) is 3.20. The van der Waals surface area contributed by atoms with Crippen molar-refractivity contribution in [1.29, 1.82) is 0 Å². The smallest absolute Gasteiger partial charge is 0.220 e. The van der Waals surface area contributed by atoms with E-state index in [1.165, 1.54) is 19.2 Å². The van der Waals surface area contributed by atoms with Crippen molar-refractivity contribution in [2.24, 2.45) is 11.8 Å². The minimum Gasteiger partial charge on any atom is -0.352 e. The van der Waals surface area contributed by atoms with Crippen LogP contribution in [0.15, 0.2) is 36.9 Å². The molecule has 2 atom stereocenters. The molecule has 2 heterocycles. The number of hydrogen-bond acceptors (Lipinski definition) is 4. The van der Waals surface area contributed by atoms with E-state index in [-0.39, 0.29) is 30.7 Å². The van der Waals surface area contributed by atoms with Gasteiger partial charge in [0.25, 0.3) is 0 Å². The Morgan fingerprint density at radius 1 is 1.35 bits per heavy atom. The summed E-state index contributed by atoms with van der Waals surface area (Å²) in [6.07, 6.45) is 6.22. The van der Waals surface area contributed by atoms with Crippen molar-refractivity contribution in [2.45, 2.75) is 32.7 Å². The van der Waals surface area contributed by atoms with Crippen molar-refractivity contribution in [2.75, 3.05) is 13.1 Å². The fourth-order valence-corrected chi connectivity index (χ4v) is 3.20. The van der Waals surface area contributed by atoms with Crippen LogP contribution in [-0.4, -0.2) is 33.8 Å². The van der Waals surface area contributed by atoms with Crippen molar-refractivity contribution in [3.05, 3.63) is 42.5 Å². The van der Waals surface area contributed by atoms with Crippen molar-refractivity contribution < 1.29 is 4.79 Å². The number of aromatic nitrogens is 3. The minimum absolute atomic E-state index is 0. The molecule has 1 amide bonds. The Balaban J connectivity index is 0.00000169. The molecule has 2 aromatic rings. The van der Waals surface area contributed by atoms with Crippen LogP contribution in [0.4, 0.5) is 0 Å². The summed E-state index contributed by atoms with van der Waals surface area (Å²) >= 11 is 0. The molecule has 26 heavy (non-hydrogen) atoms. The number of amides is 1. The third-order valence-electron chi connectivity index (χ3n) is 4.76. The second-order valence-electron chi connectivity index (χ2n) is 6.57. The van der Waals surface area contributed by atoms with E-state index >= 15 is 0 Å². The van der Waals surface area contributed by atoms with Crippen LogP contribution >= 0.6 is 24.8 Å². The second-order valence-corrected chi connectivity index (χ2v) is 6.57. The van der Waals surface area contributed by atoms with Gasteiger partial charge in [-0.05, 0) is 55.5 Å². The molecule has 8 heteroatoms. The number of halogens is 2. The maximum Gasteiger partial charge on any atom is 0.220 e. The third kappa shape index (κ3) is 6.27. The van der Waals surface area contributed by atoms with Crippen LogP contribution in [0.2, 0.25) is 0 Å². The lowest BCUT2D eigenvalue weighted by Gasteiger charge is -2.28. The van der Waals surface area contributed by atoms with Gasteiger partial charge in [0.05, 0.1) is 5.69 Å². The van der Waals surface area contributed by atoms with Gasteiger partial charge in [0.15, 0.2) is 0 Å². The fraction of sp³-hybridized carbons (Fsp3) is 0.500. The first-order valence-electron chi connectivity index (χ1n) is 8.64. The Labute approximate surface area is 167 Å². The van der Waals surface area contributed by atoms with Crippen molar-refractivity contribution in [3.8, 4) is 5.69 Å².